The third-order valence-electron chi connectivity index (χ3n) is 1.64. The fourth-order valence-corrected chi connectivity index (χ4v) is 1.68. The van der Waals surface area contributed by atoms with E-state index in [1.807, 2.05) is 6.92 Å². The Morgan fingerprint density at radius 2 is 2.00 bits per heavy atom. The van der Waals surface area contributed by atoms with Crippen LogP contribution in [-0.2, 0) is 10.0 Å². The van der Waals surface area contributed by atoms with Crippen LogP contribution in [0.1, 0.15) is 6.92 Å². The summed E-state index contributed by atoms with van der Waals surface area (Å²) in [6.45, 7) is 2.59. The lowest BCUT2D eigenvalue weighted by Crippen LogP contribution is -2.13. The molecule has 0 aliphatic heterocycles. The van der Waals surface area contributed by atoms with Crippen LogP contribution in [0.5, 0.6) is 0 Å². The van der Waals surface area contributed by atoms with Gasteiger partial charge in [-0.15, -0.1) is 0 Å². The first-order valence-corrected chi connectivity index (χ1v) is 5.65. The third kappa shape index (κ3) is 2.61. The third-order valence-corrected chi connectivity index (χ3v) is 2.53. The summed E-state index contributed by atoms with van der Waals surface area (Å²) in [5.41, 5.74) is 6.54. The minimum Gasteiger partial charge on any atom is -0.399 e. The number of nitrogens with one attached hydrogen (secondary N) is 1. The maximum Gasteiger partial charge on any atom is 0.238 e. The molecule has 1 aromatic carbocycles. The number of anilines is 2. The summed E-state index contributed by atoms with van der Waals surface area (Å²) >= 11 is 0. The zero-order chi connectivity index (χ0) is 10.8. The molecule has 78 valence electrons. The number of sulfonamides is 1. The molecular weight excluding hydrogens is 202 g/mol. The fraction of sp³-hybridized carbons (Fsp3) is 0.250. The first-order valence-electron chi connectivity index (χ1n) is 4.10. The van der Waals surface area contributed by atoms with Crippen molar-refractivity contribution in [3.8, 4) is 0 Å². The van der Waals surface area contributed by atoms with Crippen molar-refractivity contribution in [3.05, 3.63) is 18.2 Å². The summed E-state index contributed by atoms with van der Waals surface area (Å²) in [5, 5.41) is 7.94. The van der Waals surface area contributed by atoms with Crippen LogP contribution in [0.2, 0.25) is 0 Å². The first kappa shape index (κ1) is 10.8. The first-order chi connectivity index (χ1) is 6.43. The van der Waals surface area contributed by atoms with Gasteiger partial charge in [-0.3, -0.25) is 0 Å². The second-order valence-electron chi connectivity index (χ2n) is 2.87. The topological polar surface area (TPSA) is 98.2 Å². The van der Waals surface area contributed by atoms with Gasteiger partial charge in [-0.2, -0.15) is 0 Å². The van der Waals surface area contributed by atoms with Gasteiger partial charge in [-0.1, -0.05) is 0 Å². The Morgan fingerprint density at radius 1 is 1.36 bits per heavy atom. The highest BCUT2D eigenvalue weighted by Crippen LogP contribution is 2.19. The molecule has 1 rings (SSSR count). The van der Waals surface area contributed by atoms with E-state index in [2.05, 4.69) is 5.32 Å². The normalized spacial score (nSPS) is 11.3. The highest BCUT2D eigenvalue weighted by molar-refractivity contribution is 7.89. The molecule has 0 spiro atoms. The van der Waals surface area contributed by atoms with Crippen LogP contribution < -0.4 is 16.2 Å². The van der Waals surface area contributed by atoms with E-state index < -0.39 is 10.0 Å². The van der Waals surface area contributed by atoms with Gasteiger partial charge in [0, 0.05) is 17.9 Å². The summed E-state index contributed by atoms with van der Waals surface area (Å²) in [6.07, 6.45) is 0. The number of nitrogens with two attached hydrogens (primary N) is 2. The van der Waals surface area contributed by atoms with Gasteiger partial charge in [0.05, 0.1) is 4.90 Å². The second-order valence-corrected chi connectivity index (χ2v) is 4.43. The molecule has 0 bridgehead atoms. The minimum absolute atomic E-state index is 0.0217. The average molecular weight is 215 g/mol. The highest BCUT2D eigenvalue weighted by atomic mass is 32.2. The van der Waals surface area contributed by atoms with E-state index in [-0.39, 0.29) is 4.90 Å². The fourth-order valence-electron chi connectivity index (χ4n) is 1.09. The SMILES string of the molecule is CCNc1cc(N)cc(S(N)(=O)=O)c1. The van der Waals surface area contributed by atoms with Crippen molar-refractivity contribution in [2.75, 3.05) is 17.6 Å². The molecule has 0 aromatic heterocycles. The molecule has 0 fully saturated rings. The minimum atomic E-state index is -3.69. The van der Waals surface area contributed by atoms with E-state index >= 15 is 0 Å². The Hall–Kier alpha value is -1.27. The lowest BCUT2D eigenvalue weighted by molar-refractivity contribution is 0.598. The molecule has 6 heteroatoms. The zero-order valence-corrected chi connectivity index (χ0v) is 8.64. The second kappa shape index (κ2) is 3.85. The number of rotatable bonds is 3. The monoisotopic (exact) mass is 215 g/mol. The molecule has 5 nitrogen and oxygen atoms in total. The van der Waals surface area contributed by atoms with Crippen molar-refractivity contribution in [1.29, 1.82) is 0 Å². The smallest absolute Gasteiger partial charge is 0.238 e. The van der Waals surface area contributed by atoms with Crippen LogP contribution in [0.15, 0.2) is 23.1 Å². The summed E-state index contributed by atoms with van der Waals surface area (Å²) in [7, 11) is -3.69. The predicted octanol–water partition coefficient (Wildman–Crippen LogP) is 0.348. The number of hydrogen-bond donors (Lipinski definition) is 3. The van der Waals surface area contributed by atoms with Gasteiger partial charge in [0.25, 0.3) is 0 Å². The van der Waals surface area contributed by atoms with Crippen LogP contribution in [-0.4, -0.2) is 15.0 Å². The lowest BCUT2D eigenvalue weighted by atomic mass is 10.3. The van der Waals surface area contributed by atoms with Gasteiger partial charge in [0.2, 0.25) is 10.0 Å². The average Bonchev–Trinajstić information content (AvgIpc) is 2.02. The van der Waals surface area contributed by atoms with Crippen LogP contribution in [0.3, 0.4) is 0 Å². The predicted molar refractivity (Wildman–Crippen MR) is 56.4 cm³/mol. The van der Waals surface area contributed by atoms with Crippen LogP contribution >= 0.6 is 0 Å². The van der Waals surface area contributed by atoms with E-state index in [9.17, 15) is 8.42 Å². The van der Waals surface area contributed by atoms with Crippen molar-refractivity contribution in [2.24, 2.45) is 5.14 Å². The molecule has 0 saturated heterocycles. The maximum atomic E-state index is 11.0. The number of benzene rings is 1. The Kier molecular flexibility index (Phi) is 2.97. The number of primary sulfonamides is 1. The summed E-state index contributed by atoms with van der Waals surface area (Å²) < 4.78 is 22.1. The van der Waals surface area contributed by atoms with Crippen molar-refractivity contribution in [2.45, 2.75) is 11.8 Å². The van der Waals surface area contributed by atoms with E-state index in [0.717, 1.165) is 0 Å². The quantitative estimate of drug-likeness (QED) is 0.633. The Labute approximate surface area is 83.2 Å². The largest absolute Gasteiger partial charge is 0.399 e. The molecule has 0 aliphatic carbocycles. The molecule has 0 amide bonds. The van der Waals surface area contributed by atoms with Crippen molar-refractivity contribution in [3.63, 3.8) is 0 Å². The standard InChI is InChI=1S/C8H13N3O2S/c1-2-11-7-3-6(9)4-8(5-7)14(10,12)13/h3-5,11H,2,9H2,1H3,(H2,10,12,13). The summed E-state index contributed by atoms with van der Waals surface area (Å²) in [5.74, 6) is 0. The summed E-state index contributed by atoms with van der Waals surface area (Å²) in [4.78, 5) is 0.0217. The Bertz CT molecular complexity index is 428. The van der Waals surface area contributed by atoms with Crippen LogP contribution in [0.4, 0.5) is 11.4 Å². The van der Waals surface area contributed by atoms with Gasteiger partial charge in [-0.05, 0) is 25.1 Å². The lowest BCUT2D eigenvalue weighted by Gasteiger charge is -2.06. The molecule has 0 aliphatic rings. The highest BCUT2D eigenvalue weighted by Gasteiger charge is 2.09. The van der Waals surface area contributed by atoms with Gasteiger partial charge < -0.3 is 11.1 Å². The molecular formula is C8H13N3O2S. The number of hydrogen-bond acceptors (Lipinski definition) is 4. The Morgan fingerprint density at radius 3 is 2.50 bits per heavy atom. The molecule has 14 heavy (non-hydrogen) atoms. The van der Waals surface area contributed by atoms with E-state index in [1.165, 1.54) is 12.1 Å². The van der Waals surface area contributed by atoms with Gasteiger partial charge in [0.1, 0.15) is 0 Å². The van der Waals surface area contributed by atoms with E-state index in [1.54, 1.807) is 6.07 Å². The molecule has 0 atom stereocenters. The van der Waals surface area contributed by atoms with Crippen LogP contribution in [0.25, 0.3) is 0 Å². The number of nitrogen functional groups attached to an aromatic ring is 1. The molecule has 0 saturated carbocycles. The Balaban J connectivity index is 3.21. The van der Waals surface area contributed by atoms with E-state index in [0.29, 0.717) is 17.9 Å². The van der Waals surface area contributed by atoms with Crippen LogP contribution in [0, 0.1) is 0 Å². The van der Waals surface area contributed by atoms with Gasteiger partial charge in [-0.25, -0.2) is 13.6 Å². The van der Waals surface area contributed by atoms with Crippen molar-refractivity contribution >= 4 is 21.4 Å². The van der Waals surface area contributed by atoms with Crippen molar-refractivity contribution in [1.82, 2.24) is 0 Å². The van der Waals surface area contributed by atoms with E-state index in [4.69, 9.17) is 10.9 Å². The summed E-state index contributed by atoms with van der Waals surface area (Å²) in [6, 6.07) is 4.43. The van der Waals surface area contributed by atoms with Gasteiger partial charge in [0.15, 0.2) is 0 Å². The van der Waals surface area contributed by atoms with Crippen molar-refractivity contribution < 1.29 is 8.42 Å². The molecule has 0 radical (unpaired) electrons. The molecule has 0 unspecified atom stereocenters. The molecule has 0 heterocycles. The molecule has 5 N–H and O–H groups in total. The van der Waals surface area contributed by atoms with Gasteiger partial charge >= 0.3 is 0 Å². The zero-order valence-electron chi connectivity index (χ0n) is 7.82. The maximum absolute atomic E-state index is 11.0. The molecule has 1 aromatic rings.